The third-order valence-corrected chi connectivity index (χ3v) is 4.96. The summed E-state index contributed by atoms with van der Waals surface area (Å²) >= 11 is 9.54. The molecule has 0 aliphatic rings. The van der Waals surface area contributed by atoms with Gasteiger partial charge in [0.25, 0.3) is 0 Å². The summed E-state index contributed by atoms with van der Waals surface area (Å²) in [6, 6.07) is 15.5. The SMILES string of the molecule is CCC(CCl)(Cc1ccc(F)c(Br)c1)c1ccccc1. The lowest BCUT2D eigenvalue weighted by molar-refractivity contribution is 0.457. The van der Waals surface area contributed by atoms with Crippen molar-refractivity contribution in [1.29, 1.82) is 0 Å². The molecule has 0 nitrogen and oxygen atoms in total. The van der Waals surface area contributed by atoms with Gasteiger partial charge in [-0.05, 0) is 52.0 Å². The summed E-state index contributed by atoms with van der Waals surface area (Å²) in [6.45, 7) is 2.15. The van der Waals surface area contributed by atoms with Crippen LogP contribution < -0.4 is 0 Å². The van der Waals surface area contributed by atoms with Gasteiger partial charge in [-0.15, -0.1) is 11.6 Å². The maximum atomic E-state index is 13.3. The van der Waals surface area contributed by atoms with Crippen molar-refractivity contribution < 1.29 is 4.39 Å². The molecule has 0 fully saturated rings. The number of rotatable bonds is 5. The normalized spacial score (nSPS) is 14.0. The minimum Gasteiger partial charge on any atom is -0.206 e. The lowest BCUT2D eigenvalue weighted by Crippen LogP contribution is -2.30. The second-order valence-electron chi connectivity index (χ2n) is 5.06. The van der Waals surface area contributed by atoms with Crippen LogP contribution in [0, 0.1) is 5.82 Å². The minimum atomic E-state index is -0.235. The maximum Gasteiger partial charge on any atom is 0.137 e. The molecule has 0 bridgehead atoms. The topological polar surface area (TPSA) is 0 Å². The van der Waals surface area contributed by atoms with Gasteiger partial charge >= 0.3 is 0 Å². The van der Waals surface area contributed by atoms with E-state index in [0.29, 0.717) is 10.4 Å². The van der Waals surface area contributed by atoms with Crippen LogP contribution in [0.15, 0.2) is 53.0 Å². The van der Waals surface area contributed by atoms with Crippen LogP contribution in [-0.2, 0) is 11.8 Å². The van der Waals surface area contributed by atoms with Gasteiger partial charge in [-0.3, -0.25) is 0 Å². The Morgan fingerprint density at radius 3 is 2.40 bits per heavy atom. The zero-order valence-electron chi connectivity index (χ0n) is 11.4. The van der Waals surface area contributed by atoms with Gasteiger partial charge in [0, 0.05) is 11.3 Å². The Morgan fingerprint density at radius 2 is 1.85 bits per heavy atom. The van der Waals surface area contributed by atoms with E-state index in [1.807, 2.05) is 30.3 Å². The number of hydrogen-bond donors (Lipinski definition) is 0. The van der Waals surface area contributed by atoms with E-state index < -0.39 is 0 Å². The third kappa shape index (κ3) is 3.24. The minimum absolute atomic E-state index is 0.111. The van der Waals surface area contributed by atoms with Crippen LogP contribution in [0.3, 0.4) is 0 Å². The van der Waals surface area contributed by atoms with Crippen molar-refractivity contribution >= 4 is 27.5 Å². The summed E-state index contributed by atoms with van der Waals surface area (Å²) in [5.74, 6) is 0.309. The Balaban J connectivity index is 2.36. The smallest absolute Gasteiger partial charge is 0.137 e. The van der Waals surface area contributed by atoms with E-state index in [0.717, 1.165) is 18.4 Å². The van der Waals surface area contributed by atoms with E-state index in [4.69, 9.17) is 11.6 Å². The highest BCUT2D eigenvalue weighted by molar-refractivity contribution is 9.10. The molecule has 0 aliphatic carbocycles. The molecule has 0 saturated carbocycles. The summed E-state index contributed by atoms with van der Waals surface area (Å²) in [5, 5.41) is 0. The molecule has 0 N–H and O–H groups in total. The van der Waals surface area contributed by atoms with E-state index >= 15 is 0 Å². The Bertz CT molecular complexity index is 564. The van der Waals surface area contributed by atoms with Crippen molar-refractivity contribution in [2.75, 3.05) is 5.88 Å². The lowest BCUT2D eigenvalue weighted by atomic mass is 9.75. The zero-order chi connectivity index (χ0) is 14.6. The second-order valence-corrected chi connectivity index (χ2v) is 6.18. The van der Waals surface area contributed by atoms with Crippen LogP contribution in [0.4, 0.5) is 4.39 Å². The van der Waals surface area contributed by atoms with Crippen molar-refractivity contribution in [2.24, 2.45) is 0 Å². The van der Waals surface area contributed by atoms with Gasteiger partial charge in [-0.1, -0.05) is 43.3 Å². The van der Waals surface area contributed by atoms with E-state index in [2.05, 4.69) is 35.0 Å². The highest BCUT2D eigenvalue weighted by Gasteiger charge is 2.29. The van der Waals surface area contributed by atoms with Crippen LogP contribution in [0.5, 0.6) is 0 Å². The molecule has 106 valence electrons. The number of alkyl halides is 1. The highest BCUT2D eigenvalue weighted by Crippen LogP contribution is 2.34. The predicted octanol–water partition coefficient (Wildman–Crippen LogP) is 5.72. The molecular weight excluding hydrogens is 339 g/mol. The molecule has 0 amide bonds. The molecular formula is C17H17BrClF. The number of benzene rings is 2. The Hall–Kier alpha value is -0.860. The second kappa shape index (κ2) is 6.73. The third-order valence-electron chi connectivity index (χ3n) is 3.85. The van der Waals surface area contributed by atoms with Crippen molar-refractivity contribution in [2.45, 2.75) is 25.2 Å². The molecule has 0 aromatic heterocycles. The van der Waals surface area contributed by atoms with Gasteiger partial charge in [-0.2, -0.15) is 0 Å². The van der Waals surface area contributed by atoms with Crippen LogP contribution >= 0.6 is 27.5 Å². The molecule has 0 saturated heterocycles. The zero-order valence-corrected chi connectivity index (χ0v) is 13.7. The molecule has 2 rings (SSSR count). The predicted molar refractivity (Wildman–Crippen MR) is 86.9 cm³/mol. The van der Waals surface area contributed by atoms with E-state index in [9.17, 15) is 4.39 Å². The first-order chi connectivity index (χ1) is 9.61. The maximum absolute atomic E-state index is 13.3. The Kier molecular flexibility index (Phi) is 5.22. The van der Waals surface area contributed by atoms with Gasteiger partial charge in [0.05, 0.1) is 4.47 Å². The van der Waals surface area contributed by atoms with Crippen molar-refractivity contribution in [3.8, 4) is 0 Å². The molecule has 0 heterocycles. The van der Waals surface area contributed by atoms with Gasteiger partial charge in [0.1, 0.15) is 5.82 Å². The first-order valence-corrected chi connectivity index (χ1v) is 7.99. The van der Waals surface area contributed by atoms with Gasteiger partial charge in [-0.25, -0.2) is 4.39 Å². The molecule has 20 heavy (non-hydrogen) atoms. The summed E-state index contributed by atoms with van der Waals surface area (Å²) < 4.78 is 13.8. The van der Waals surface area contributed by atoms with Crippen molar-refractivity contribution in [1.82, 2.24) is 0 Å². The van der Waals surface area contributed by atoms with Gasteiger partial charge < -0.3 is 0 Å². The molecule has 0 spiro atoms. The molecule has 3 heteroatoms. The number of halogens is 3. The molecule has 2 aromatic rings. The summed E-state index contributed by atoms with van der Waals surface area (Å²) in [6.07, 6.45) is 1.74. The highest BCUT2D eigenvalue weighted by atomic mass is 79.9. The van der Waals surface area contributed by atoms with Crippen LogP contribution in [-0.4, -0.2) is 5.88 Å². The molecule has 0 aliphatic heterocycles. The van der Waals surface area contributed by atoms with Crippen molar-refractivity contribution in [3.05, 3.63) is 69.9 Å². The Morgan fingerprint density at radius 1 is 1.15 bits per heavy atom. The summed E-state index contributed by atoms with van der Waals surface area (Å²) in [4.78, 5) is 0. The monoisotopic (exact) mass is 354 g/mol. The standard InChI is InChI=1S/C17H17BrClF/c1-2-17(12-19,14-6-4-3-5-7-14)11-13-8-9-16(20)15(18)10-13/h3-10H,2,11-12H2,1H3. The lowest BCUT2D eigenvalue weighted by Gasteiger charge is -2.31. The average molecular weight is 356 g/mol. The van der Waals surface area contributed by atoms with Crippen LogP contribution in [0.2, 0.25) is 0 Å². The summed E-state index contributed by atoms with van der Waals surface area (Å²) in [7, 11) is 0. The average Bonchev–Trinajstić information content (AvgIpc) is 2.49. The van der Waals surface area contributed by atoms with Gasteiger partial charge in [0.2, 0.25) is 0 Å². The molecule has 1 unspecified atom stereocenters. The fourth-order valence-corrected chi connectivity index (χ4v) is 3.35. The summed E-state index contributed by atoms with van der Waals surface area (Å²) in [5.41, 5.74) is 2.21. The van der Waals surface area contributed by atoms with Crippen LogP contribution in [0.1, 0.15) is 24.5 Å². The molecule has 2 aromatic carbocycles. The van der Waals surface area contributed by atoms with Gasteiger partial charge in [0.15, 0.2) is 0 Å². The fraction of sp³-hybridized carbons (Fsp3) is 0.294. The van der Waals surface area contributed by atoms with E-state index in [1.165, 1.54) is 11.6 Å². The fourth-order valence-electron chi connectivity index (χ4n) is 2.48. The largest absolute Gasteiger partial charge is 0.206 e. The molecule has 0 radical (unpaired) electrons. The Labute approximate surface area is 133 Å². The number of hydrogen-bond acceptors (Lipinski definition) is 0. The first kappa shape index (κ1) is 15.5. The van der Waals surface area contributed by atoms with Crippen LogP contribution in [0.25, 0.3) is 0 Å². The quantitative estimate of drug-likeness (QED) is 0.602. The first-order valence-electron chi connectivity index (χ1n) is 6.67. The van der Waals surface area contributed by atoms with Crippen molar-refractivity contribution in [3.63, 3.8) is 0 Å². The molecule has 1 atom stereocenters. The van der Waals surface area contributed by atoms with E-state index in [-0.39, 0.29) is 11.2 Å². The van der Waals surface area contributed by atoms with E-state index in [1.54, 1.807) is 0 Å².